The molecule has 3 nitrogen and oxygen atoms in total. The molecule has 3 aliphatic rings. The van der Waals surface area contributed by atoms with Crippen LogP contribution < -0.4 is 5.32 Å². The molecule has 0 bridgehead atoms. The Labute approximate surface area is 143 Å². The highest BCUT2D eigenvalue weighted by atomic mass is 16.5. The average molecular weight is 322 g/mol. The molecule has 0 aliphatic heterocycles. The second-order valence-corrected chi connectivity index (χ2v) is 8.09. The molecule has 1 aromatic heterocycles. The van der Waals surface area contributed by atoms with Crippen LogP contribution in [0.1, 0.15) is 48.8 Å². The largest absolute Gasteiger partial charge is 0.356 e. The summed E-state index contributed by atoms with van der Waals surface area (Å²) in [5.41, 5.74) is 5.36. The molecule has 1 aromatic carbocycles. The van der Waals surface area contributed by atoms with E-state index in [1.54, 1.807) is 0 Å². The number of rotatable bonds is 5. The molecule has 2 fully saturated rings. The van der Waals surface area contributed by atoms with E-state index in [4.69, 9.17) is 4.52 Å². The van der Waals surface area contributed by atoms with Crippen LogP contribution in [0.5, 0.6) is 0 Å². The van der Waals surface area contributed by atoms with Crippen LogP contribution in [0.25, 0.3) is 11.3 Å². The molecule has 3 heteroatoms. The Hall–Kier alpha value is -1.61. The number of hydrogen-bond acceptors (Lipinski definition) is 3. The van der Waals surface area contributed by atoms with Crippen LogP contribution in [0.15, 0.2) is 28.9 Å². The fourth-order valence-corrected chi connectivity index (χ4v) is 4.53. The Balaban J connectivity index is 1.41. The summed E-state index contributed by atoms with van der Waals surface area (Å²) in [7, 11) is 0. The number of benzene rings is 1. The molecule has 2 saturated carbocycles. The van der Waals surface area contributed by atoms with Crippen molar-refractivity contribution >= 4 is 0 Å². The summed E-state index contributed by atoms with van der Waals surface area (Å²) in [6, 6.07) is 8.07. The van der Waals surface area contributed by atoms with Crippen molar-refractivity contribution in [3.63, 3.8) is 0 Å². The van der Waals surface area contributed by atoms with Gasteiger partial charge in [-0.1, -0.05) is 23.4 Å². The van der Waals surface area contributed by atoms with Gasteiger partial charge in [-0.2, -0.15) is 0 Å². The minimum atomic E-state index is 0.619. The lowest BCUT2D eigenvalue weighted by Gasteiger charge is -2.31. The van der Waals surface area contributed by atoms with Gasteiger partial charge in [0.05, 0.1) is 6.20 Å². The molecule has 126 valence electrons. The quantitative estimate of drug-likeness (QED) is 0.892. The lowest BCUT2D eigenvalue weighted by Crippen LogP contribution is -2.44. The first-order valence-corrected chi connectivity index (χ1v) is 9.58. The van der Waals surface area contributed by atoms with Crippen LogP contribution in [0, 0.1) is 18.8 Å². The maximum Gasteiger partial charge on any atom is 0.170 e. The summed E-state index contributed by atoms with van der Waals surface area (Å²) < 4.78 is 5.56. The van der Waals surface area contributed by atoms with Gasteiger partial charge in [-0.25, -0.2) is 0 Å². The zero-order valence-corrected chi connectivity index (χ0v) is 14.4. The predicted molar refractivity (Wildman–Crippen MR) is 94.9 cm³/mol. The van der Waals surface area contributed by atoms with E-state index in [-0.39, 0.29) is 0 Å². The van der Waals surface area contributed by atoms with Gasteiger partial charge in [-0.05, 0) is 74.8 Å². The molecule has 0 saturated heterocycles. The fraction of sp³-hybridized carbons (Fsp3) is 0.571. The van der Waals surface area contributed by atoms with Gasteiger partial charge in [-0.15, -0.1) is 0 Å². The zero-order valence-electron chi connectivity index (χ0n) is 14.4. The Morgan fingerprint density at radius 1 is 1.12 bits per heavy atom. The van der Waals surface area contributed by atoms with Gasteiger partial charge < -0.3 is 9.84 Å². The summed E-state index contributed by atoms with van der Waals surface area (Å²) in [5, 5.41) is 8.05. The standard InChI is InChI=1S/C21H26N2O/c1-13-12-22-24-21(13)18-4-2-3-14-9-10-17(11-19(14)18)23-20(15-5-6-15)16-7-8-16/h2-4,12,15-17,20,23H,5-11H2,1H3. The third-order valence-corrected chi connectivity index (χ3v) is 6.17. The number of aryl methyl sites for hydroxylation is 2. The molecule has 0 radical (unpaired) electrons. The van der Waals surface area contributed by atoms with Crippen molar-refractivity contribution in [1.82, 2.24) is 10.5 Å². The molecule has 1 unspecified atom stereocenters. The molecule has 2 aromatic rings. The Bertz CT molecular complexity index is 730. The van der Waals surface area contributed by atoms with E-state index in [1.165, 1.54) is 55.2 Å². The molecule has 3 aliphatic carbocycles. The van der Waals surface area contributed by atoms with Gasteiger partial charge in [0.15, 0.2) is 5.76 Å². The van der Waals surface area contributed by atoms with Crippen LogP contribution >= 0.6 is 0 Å². The molecular formula is C21H26N2O. The van der Waals surface area contributed by atoms with Gasteiger partial charge >= 0.3 is 0 Å². The summed E-state index contributed by atoms with van der Waals surface area (Å²) in [6.45, 7) is 2.08. The number of nitrogens with one attached hydrogen (secondary N) is 1. The lowest BCUT2D eigenvalue weighted by molar-refractivity contribution is 0.339. The van der Waals surface area contributed by atoms with Gasteiger partial charge in [0.1, 0.15) is 0 Å². The normalized spacial score (nSPS) is 23.5. The average Bonchev–Trinajstić information content (AvgIpc) is 3.51. The molecule has 0 spiro atoms. The first kappa shape index (κ1) is 14.7. The Morgan fingerprint density at radius 3 is 2.58 bits per heavy atom. The third kappa shape index (κ3) is 2.69. The molecule has 1 atom stereocenters. The number of nitrogens with zero attached hydrogens (tertiary/aromatic N) is 1. The van der Waals surface area contributed by atoms with Crippen LogP contribution in [0.2, 0.25) is 0 Å². The first-order chi connectivity index (χ1) is 11.8. The predicted octanol–water partition coefficient (Wildman–Crippen LogP) is 4.29. The minimum absolute atomic E-state index is 0.619. The number of fused-ring (bicyclic) bond motifs is 1. The maximum absolute atomic E-state index is 5.56. The topological polar surface area (TPSA) is 38.1 Å². The summed E-state index contributed by atoms with van der Waals surface area (Å²) in [6.07, 6.45) is 11.2. The van der Waals surface area contributed by atoms with Crippen LogP contribution in [-0.4, -0.2) is 17.2 Å². The van der Waals surface area contributed by atoms with E-state index < -0.39 is 0 Å². The van der Waals surface area contributed by atoms with Crippen molar-refractivity contribution in [3.05, 3.63) is 41.1 Å². The zero-order chi connectivity index (χ0) is 16.1. The van der Waals surface area contributed by atoms with Gasteiger partial charge in [0, 0.05) is 23.2 Å². The van der Waals surface area contributed by atoms with E-state index in [0.29, 0.717) is 6.04 Å². The highest BCUT2D eigenvalue weighted by Crippen LogP contribution is 2.45. The summed E-state index contributed by atoms with van der Waals surface area (Å²) >= 11 is 0. The molecule has 24 heavy (non-hydrogen) atoms. The lowest BCUT2D eigenvalue weighted by atomic mass is 9.83. The van der Waals surface area contributed by atoms with Crippen molar-refractivity contribution in [2.45, 2.75) is 64.0 Å². The van der Waals surface area contributed by atoms with E-state index in [1.807, 2.05) is 6.20 Å². The minimum Gasteiger partial charge on any atom is -0.356 e. The third-order valence-electron chi connectivity index (χ3n) is 6.17. The van der Waals surface area contributed by atoms with Gasteiger partial charge in [-0.3, -0.25) is 0 Å². The smallest absolute Gasteiger partial charge is 0.170 e. The summed E-state index contributed by atoms with van der Waals surface area (Å²) in [4.78, 5) is 0. The van der Waals surface area contributed by atoms with E-state index >= 15 is 0 Å². The Kier molecular flexibility index (Phi) is 3.51. The fourth-order valence-electron chi connectivity index (χ4n) is 4.53. The van der Waals surface area contributed by atoms with Crippen molar-refractivity contribution in [3.8, 4) is 11.3 Å². The maximum atomic E-state index is 5.56. The van der Waals surface area contributed by atoms with Crippen molar-refractivity contribution in [1.29, 1.82) is 0 Å². The van der Waals surface area contributed by atoms with Crippen LogP contribution in [0.4, 0.5) is 0 Å². The van der Waals surface area contributed by atoms with Gasteiger partial charge in [0.25, 0.3) is 0 Å². The number of aromatic nitrogens is 1. The number of hydrogen-bond donors (Lipinski definition) is 1. The van der Waals surface area contributed by atoms with Gasteiger partial charge in [0.2, 0.25) is 0 Å². The van der Waals surface area contributed by atoms with Crippen molar-refractivity contribution < 1.29 is 4.52 Å². The second kappa shape index (κ2) is 5.73. The Morgan fingerprint density at radius 2 is 1.92 bits per heavy atom. The van der Waals surface area contributed by atoms with Crippen molar-refractivity contribution in [2.75, 3.05) is 0 Å². The van der Waals surface area contributed by atoms with Crippen LogP contribution in [0.3, 0.4) is 0 Å². The molecule has 1 N–H and O–H groups in total. The second-order valence-electron chi connectivity index (χ2n) is 8.09. The highest BCUT2D eigenvalue weighted by Gasteiger charge is 2.42. The molecule has 0 amide bonds. The van der Waals surface area contributed by atoms with Crippen LogP contribution in [-0.2, 0) is 12.8 Å². The molecule has 1 heterocycles. The monoisotopic (exact) mass is 322 g/mol. The SMILES string of the molecule is Cc1cnoc1-c1cccc2c1CC(NC(C1CC1)C1CC1)CC2. The highest BCUT2D eigenvalue weighted by molar-refractivity contribution is 5.67. The van der Waals surface area contributed by atoms with Crippen molar-refractivity contribution in [2.24, 2.45) is 11.8 Å². The molecular weight excluding hydrogens is 296 g/mol. The summed E-state index contributed by atoms with van der Waals surface area (Å²) in [5.74, 6) is 2.88. The molecule has 5 rings (SSSR count). The van der Waals surface area contributed by atoms with E-state index in [9.17, 15) is 0 Å². The van der Waals surface area contributed by atoms with E-state index in [2.05, 4.69) is 35.6 Å². The first-order valence-electron chi connectivity index (χ1n) is 9.58. The van der Waals surface area contributed by atoms with E-state index in [0.717, 1.165) is 35.6 Å².